The molecule has 1 saturated carbocycles. The van der Waals surface area contributed by atoms with Crippen LogP contribution < -0.4 is 16.2 Å². The highest BCUT2D eigenvalue weighted by Crippen LogP contribution is 2.42. The molecule has 1 aromatic carbocycles. The van der Waals surface area contributed by atoms with Crippen LogP contribution in [0.5, 0.6) is 0 Å². The summed E-state index contributed by atoms with van der Waals surface area (Å²) in [4.78, 5) is 17.5. The van der Waals surface area contributed by atoms with Gasteiger partial charge in [0.05, 0.1) is 12.2 Å². The van der Waals surface area contributed by atoms with E-state index in [-0.39, 0.29) is 30.0 Å². The molecule has 3 N–H and O–H groups in total. The van der Waals surface area contributed by atoms with Crippen LogP contribution in [0, 0.1) is 17.7 Å². The van der Waals surface area contributed by atoms with Crippen LogP contribution >= 0.6 is 0 Å². The van der Waals surface area contributed by atoms with Gasteiger partial charge < -0.3 is 10.2 Å². The number of rotatable bonds is 4. The van der Waals surface area contributed by atoms with Crippen molar-refractivity contribution >= 4 is 6.03 Å². The smallest absolute Gasteiger partial charge is 0.317 e. The predicted octanol–water partition coefficient (Wildman–Crippen LogP) is 2.22. The molecule has 3 saturated heterocycles. The molecule has 5 unspecified atom stereocenters. The zero-order chi connectivity index (χ0) is 23.1. The summed E-state index contributed by atoms with van der Waals surface area (Å²) in [6.45, 7) is 3.11. The lowest BCUT2D eigenvalue weighted by Crippen LogP contribution is -2.64. The Kier molecular flexibility index (Phi) is 5.92. The second kappa shape index (κ2) is 9.20. The predicted molar refractivity (Wildman–Crippen MR) is 125 cm³/mol. The number of amides is 2. The van der Waals surface area contributed by atoms with Crippen LogP contribution in [0.3, 0.4) is 0 Å². The van der Waals surface area contributed by atoms with E-state index in [1.807, 2.05) is 24.4 Å². The van der Waals surface area contributed by atoms with E-state index in [1.54, 1.807) is 12.3 Å². The van der Waals surface area contributed by atoms with Crippen LogP contribution in [0.25, 0.3) is 0 Å². The Balaban J connectivity index is 1.13. The van der Waals surface area contributed by atoms with Crippen molar-refractivity contribution in [3.8, 4) is 0 Å². The molecule has 180 valence electrons. The fraction of sp³-hybridized carbons (Fsp3) is 0.560. The Morgan fingerprint density at radius 3 is 2.82 bits per heavy atom. The fourth-order valence-corrected chi connectivity index (χ4v) is 6.54. The molecule has 6 atom stereocenters. The molecule has 1 aliphatic carbocycles. The van der Waals surface area contributed by atoms with E-state index in [4.69, 9.17) is 0 Å². The van der Waals surface area contributed by atoms with Crippen LogP contribution in [0.2, 0.25) is 0 Å². The Labute approximate surface area is 199 Å². The molecule has 2 amide bonds. The van der Waals surface area contributed by atoms with Crippen molar-refractivity contribution in [1.29, 1.82) is 0 Å². The van der Waals surface area contributed by atoms with Gasteiger partial charge in [0, 0.05) is 49.5 Å². The second-order valence-electron chi connectivity index (χ2n) is 10.3. The maximum Gasteiger partial charge on any atom is 0.317 e. The highest BCUT2D eigenvalue weighted by Gasteiger charge is 2.48. The zero-order valence-corrected chi connectivity index (χ0v) is 19.2. The van der Waals surface area contributed by atoms with Crippen LogP contribution in [0.4, 0.5) is 9.18 Å². The third-order valence-corrected chi connectivity index (χ3v) is 8.26. The van der Waals surface area contributed by atoms with Gasteiger partial charge in [-0.2, -0.15) is 10.2 Å². The number of hydrazine groups is 1. The number of hydrogen-bond acceptors (Lipinski definition) is 6. The van der Waals surface area contributed by atoms with Gasteiger partial charge in [0.25, 0.3) is 0 Å². The van der Waals surface area contributed by atoms with Gasteiger partial charge in [0.2, 0.25) is 0 Å². The summed E-state index contributed by atoms with van der Waals surface area (Å²) in [5.41, 5.74) is 8.80. The lowest BCUT2D eigenvalue weighted by molar-refractivity contribution is 0.0521. The first-order valence-corrected chi connectivity index (χ1v) is 12.5. The molecule has 4 heterocycles. The number of fused-ring (bicyclic) bond motifs is 2. The zero-order valence-electron chi connectivity index (χ0n) is 19.2. The van der Waals surface area contributed by atoms with Gasteiger partial charge in [-0.05, 0) is 61.8 Å². The Bertz CT molecular complexity index is 1020. The molecule has 4 fully saturated rings. The molecule has 0 spiro atoms. The number of hydrogen-bond donors (Lipinski definition) is 3. The molecule has 2 aromatic rings. The molecule has 4 aliphatic rings. The van der Waals surface area contributed by atoms with Crippen LogP contribution in [-0.2, 0) is 6.54 Å². The summed E-state index contributed by atoms with van der Waals surface area (Å²) < 4.78 is 14.2. The quantitative estimate of drug-likeness (QED) is 0.642. The highest BCUT2D eigenvalue weighted by molar-refractivity contribution is 5.76. The number of carbonyl (C=O) groups excluding carboxylic acids is 1. The largest absolute Gasteiger partial charge is 0.335 e. The molecule has 34 heavy (non-hydrogen) atoms. The summed E-state index contributed by atoms with van der Waals surface area (Å²) in [6, 6.07) is 9.98. The maximum atomic E-state index is 14.2. The van der Waals surface area contributed by atoms with Crippen molar-refractivity contribution in [3.63, 3.8) is 0 Å². The standard InChI is InChI=1S/C25H32FN7O/c26-21-6-2-1-4-17(21)13-32-9-3-5-19(15-32)33-14-18-10-20-23(11-22(18)29-25(33)34)30-31-24(20)16-7-8-27-28-12-16/h1-2,4,6-8,12,18-20,22-24,30-31H,3,5,9-11,13-15H2,(H,29,34)/t18?,19-,20?,22?,23?,24?/m1/s1. The second-order valence-corrected chi connectivity index (χ2v) is 10.3. The fourth-order valence-electron chi connectivity index (χ4n) is 6.54. The van der Waals surface area contributed by atoms with Crippen molar-refractivity contribution in [3.05, 3.63) is 59.7 Å². The van der Waals surface area contributed by atoms with Crippen molar-refractivity contribution in [2.24, 2.45) is 11.8 Å². The molecular weight excluding hydrogens is 433 g/mol. The minimum Gasteiger partial charge on any atom is -0.335 e. The number of nitrogens with zero attached hydrogens (tertiary/aromatic N) is 4. The molecule has 6 rings (SSSR count). The Hall–Kier alpha value is -2.62. The number of urea groups is 1. The van der Waals surface area contributed by atoms with Gasteiger partial charge >= 0.3 is 6.03 Å². The van der Waals surface area contributed by atoms with E-state index in [1.165, 1.54) is 6.07 Å². The molecule has 3 aliphatic heterocycles. The van der Waals surface area contributed by atoms with Gasteiger partial charge in [-0.1, -0.05) is 18.2 Å². The summed E-state index contributed by atoms with van der Waals surface area (Å²) in [5, 5.41) is 11.3. The van der Waals surface area contributed by atoms with Gasteiger partial charge in [-0.15, -0.1) is 0 Å². The van der Waals surface area contributed by atoms with Crippen molar-refractivity contribution in [2.75, 3.05) is 19.6 Å². The molecule has 8 nitrogen and oxygen atoms in total. The molecule has 0 radical (unpaired) electrons. The number of carbonyl (C=O) groups is 1. The van der Waals surface area contributed by atoms with Crippen molar-refractivity contribution < 1.29 is 9.18 Å². The SMILES string of the molecule is O=C1NC2CC3NNC(c4ccnnc4)C3CC2CN1[C@@H]1CCCN(Cc2ccccc2F)C1. The van der Waals surface area contributed by atoms with Crippen LogP contribution in [0.15, 0.2) is 42.7 Å². The number of aromatic nitrogens is 2. The Morgan fingerprint density at radius 2 is 1.97 bits per heavy atom. The summed E-state index contributed by atoms with van der Waals surface area (Å²) in [7, 11) is 0. The third-order valence-electron chi connectivity index (χ3n) is 8.26. The van der Waals surface area contributed by atoms with Gasteiger partial charge in [0.1, 0.15) is 5.82 Å². The van der Waals surface area contributed by atoms with E-state index in [2.05, 4.69) is 36.2 Å². The van der Waals surface area contributed by atoms with Gasteiger partial charge in [0.15, 0.2) is 0 Å². The van der Waals surface area contributed by atoms with E-state index in [9.17, 15) is 9.18 Å². The van der Waals surface area contributed by atoms with E-state index in [0.29, 0.717) is 24.4 Å². The highest BCUT2D eigenvalue weighted by atomic mass is 19.1. The monoisotopic (exact) mass is 465 g/mol. The molecular formula is C25H32FN7O. The number of likely N-dealkylation sites (tertiary alicyclic amines) is 1. The molecule has 1 aromatic heterocycles. The van der Waals surface area contributed by atoms with E-state index < -0.39 is 0 Å². The van der Waals surface area contributed by atoms with Gasteiger partial charge in [-0.3, -0.25) is 10.3 Å². The van der Waals surface area contributed by atoms with Crippen molar-refractivity contribution in [2.45, 2.75) is 56.4 Å². The number of benzene rings is 1. The molecule has 9 heteroatoms. The lowest BCUT2D eigenvalue weighted by Gasteiger charge is -2.49. The maximum absolute atomic E-state index is 14.2. The number of halogens is 1. The summed E-state index contributed by atoms with van der Waals surface area (Å²) in [5.74, 6) is 0.712. The topological polar surface area (TPSA) is 85.4 Å². The number of nitrogens with one attached hydrogen (secondary N) is 3. The lowest BCUT2D eigenvalue weighted by atomic mass is 9.71. The van der Waals surface area contributed by atoms with Crippen molar-refractivity contribution in [1.82, 2.24) is 36.2 Å². The minimum atomic E-state index is -0.155. The minimum absolute atomic E-state index is 0.0540. The van der Waals surface area contributed by atoms with E-state index in [0.717, 1.165) is 56.4 Å². The average Bonchev–Trinajstić information content (AvgIpc) is 3.27. The Morgan fingerprint density at radius 1 is 1.06 bits per heavy atom. The van der Waals surface area contributed by atoms with Crippen LogP contribution in [-0.4, -0.2) is 63.8 Å². The normalized spacial score (nSPS) is 33.8. The van der Waals surface area contributed by atoms with E-state index >= 15 is 0 Å². The first kappa shape index (κ1) is 21.9. The average molecular weight is 466 g/mol. The van der Waals surface area contributed by atoms with Gasteiger partial charge in [-0.25, -0.2) is 14.6 Å². The molecule has 0 bridgehead atoms. The summed E-state index contributed by atoms with van der Waals surface area (Å²) >= 11 is 0. The third kappa shape index (κ3) is 4.16. The first-order valence-electron chi connectivity index (χ1n) is 12.5. The summed E-state index contributed by atoms with van der Waals surface area (Å²) in [6.07, 6.45) is 7.58. The number of piperidine rings is 1. The van der Waals surface area contributed by atoms with Crippen LogP contribution in [0.1, 0.15) is 42.9 Å². The first-order chi connectivity index (χ1) is 16.7.